The maximum Gasteiger partial charge on any atom is 0.246 e. The average Bonchev–Trinajstić information content (AvgIpc) is 3.15. The van der Waals surface area contributed by atoms with E-state index in [1.807, 2.05) is 32.9 Å². The van der Waals surface area contributed by atoms with Gasteiger partial charge in [0.1, 0.15) is 0 Å². The molecule has 0 unspecified atom stereocenters. The molecular formula is C22H30ClN7O2. The number of piperidine rings is 1. The first-order chi connectivity index (χ1) is 15.1. The van der Waals surface area contributed by atoms with E-state index in [4.69, 9.17) is 11.6 Å². The van der Waals surface area contributed by atoms with Gasteiger partial charge in [-0.1, -0.05) is 17.7 Å². The minimum atomic E-state index is -0.194. The lowest BCUT2D eigenvalue weighted by Gasteiger charge is -2.31. The molecule has 1 fully saturated rings. The molecular weight excluding hydrogens is 430 g/mol. The van der Waals surface area contributed by atoms with E-state index in [-0.39, 0.29) is 23.3 Å². The van der Waals surface area contributed by atoms with Gasteiger partial charge in [0.25, 0.3) is 0 Å². The number of amides is 2. The molecule has 0 atom stereocenters. The summed E-state index contributed by atoms with van der Waals surface area (Å²) in [4.78, 5) is 28.3. The van der Waals surface area contributed by atoms with Crippen molar-refractivity contribution in [3.63, 3.8) is 0 Å². The van der Waals surface area contributed by atoms with E-state index < -0.39 is 0 Å². The van der Waals surface area contributed by atoms with Gasteiger partial charge < -0.3 is 4.90 Å². The number of carbonyl (C=O) groups is 2. The number of aromatic nitrogens is 4. The van der Waals surface area contributed by atoms with Crippen LogP contribution in [0.2, 0.25) is 5.02 Å². The minimum absolute atomic E-state index is 0.0228. The first-order valence-electron chi connectivity index (χ1n) is 10.7. The average molecular weight is 460 g/mol. The lowest BCUT2D eigenvalue weighted by atomic mass is 9.96. The summed E-state index contributed by atoms with van der Waals surface area (Å²) in [6.45, 7) is 9.22. The zero-order chi connectivity index (χ0) is 23.3. The molecule has 0 saturated carbocycles. The number of halogens is 1. The van der Waals surface area contributed by atoms with Gasteiger partial charge in [-0.05, 0) is 75.1 Å². The van der Waals surface area contributed by atoms with Crippen molar-refractivity contribution in [2.75, 3.05) is 13.1 Å². The molecule has 2 amide bonds. The van der Waals surface area contributed by atoms with Crippen LogP contribution >= 0.6 is 11.6 Å². The lowest BCUT2D eigenvalue weighted by Crippen LogP contribution is -2.52. The van der Waals surface area contributed by atoms with E-state index in [0.717, 1.165) is 11.1 Å². The van der Waals surface area contributed by atoms with Crippen molar-refractivity contribution in [1.29, 1.82) is 0 Å². The van der Waals surface area contributed by atoms with Crippen molar-refractivity contribution in [1.82, 2.24) is 36.0 Å². The van der Waals surface area contributed by atoms with Crippen LogP contribution < -0.4 is 10.9 Å². The van der Waals surface area contributed by atoms with E-state index in [2.05, 4.69) is 26.3 Å². The standard InChI is InChI=1S/C22H30ClN7O2/c1-15-24-28-30(26-15)14-18-13-19(23)7-5-16(18)6-8-20(31)29-11-9-17(10-12-29)21(32)25-27-22(2,3)4/h5-8,13,17,27H,9-12,14H2,1-4H3,(H,25,32)/b8-6+. The number of rotatable bonds is 6. The number of carbonyl (C=O) groups excluding carboxylic acids is 2. The quantitative estimate of drug-likeness (QED) is 0.507. The summed E-state index contributed by atoms with van der Waals surface area (Å²) >= 11 is 6.16. The van der Waals surface area contributed by atoms with Crippen molar-refractivity contribution in [3.05, 3.63) is 46.2 Å². The summed E-state index contributed by atoms with van der Waals surface area (Å²) in [5.74, 6) is 0.391. The van der Waals surface area contributed by atoms with Crippen molar-refractivity contribution < 1.29 is 9.59 Å². The zero-order valence-electron chi connectivity index (χ0n) is 18.9. The molecule has 2 heterocycles. The Bertz CT molecular complexity index is 988. The van der Waals surface area contributed by atoms with Crippen molar-refractivity contribution >= 4 is 29.5 Å². The summed E-state index contributed by atoms with van der Waals surface area (Å²) in [7, 11) is 0. The van der Waals surface area contributed by atoms with Gasteiger partial charge in [-0.15, -0.1) is 10.2 Å². The Labute approximate surface area is 193 Å². The van der Waals surface area contributed by atoms with Crippen LogP contribution in [0.1, 0.15) is 50.6 Å². The van der Waals surface area contributed by atoms with Crippen LogP contribution in [0.15, 0.2) is 24.3 Å². The molecule has 32 heavy (non-hydrogen) atoms. The number of tetrazole rings is 1. The smallest absolute Gasteiger partial charge is 0.246 e. The van der Waals surface area contributed by atoms with Gasteiger partial charge in [0, 0.05) is 35.6 Å². The van der Waals surface area contributed by atoms with Crippen LogP contribution in [0.4, 0.5) is 0 Å². The van der Waals surface area contributed by atoms with E-state index in [9.17, 15) is 9.59 Å². The second-order valence-electron chi connectivity index (χ2n) is 9.01. The third-order valence-electron chi connectivity index (χ3n) is 5.11. The molecule has 9 nitrogen and oxygen atoms in total. The Balaban J connectivity index is 1.57. The van der Waals surface area contributed by atoms with Gasteiger partial charge in [0.15, 0.2) is 5.82 Å². The number of hydrogen-bond donors (Lipinski definition) is 2. The third kappa shape index (κ3) is 6.86. The summed E-state index contributed by atoms with van der Waals surface area (Å²) in [5, 5.41) is 12.7. The van der Waals surface area contributed by atoms with Crippen LogP contribution in [-0.4, -0.2) is 55.5 Å². The highest BCUT2D eigenvalue weighted by atomic mass is 35.5. The number of hydrazine groups is 1. The van der Waals surface area contributed by atoms with Gasteiger partial charge in [-0.2, -0.15) is 4.80 Å². The molecule has 1 aromatic carbocycles. The monoisotopic (exact) mass is 459 g/mol. The van der Waals surface area contributed by atoms with Crippen LogP contribution in [0.25, 0.3) is 6.08 Å². The fourth-order valence-electron chi connectivity index (χ4n) is 3.40. The first-order valence-corrected chi connectivity index (χ1v) is 11.1. The molecule has 0 radical (unpaired) electrons. The number of nitrogens with one attached hydrogen (secondary N) is 2. The van der Waals surface area contributed by atoms with Crippen LogP contribution in [-0.2, 0) is 16.1 Å². The molecule has 1 saturated heterocycles. The second kappa shape index (κ2) is 10.2. The number of aryl methyl sites for hydroxylation is 1. The van der Waals surface area contributed by atoms with Gasteiger partial charge in [-0.3, -0.25) is 15.0 Å². The molecule has 2 aromatic rings. The topological polar surface area (TPSA) is 105 Å². The minimum Gasteiger partial charge on any atom is -0.339 e. The SMILES string of the molecule is Cc1nnn(Cc2cc(Cl)ccc2/C=C/C(=O)N2CCC(C(=O)NNC(C)(C)C)CC2)n1. The molecule has 0 bridgehead atoms. The summed E-state index contributed by atoms with van der Waals surface area (Å²) in [6, 6.07) is 5.48. The third-order valence-corrected chi connectivity index (χ3v) is 5.35. The van der Waals surface area contributed by atoms with Gasteiger partial charge >= 0.3 is 0 Å². The molecule has 0 spiro atoms. The number of benzene rings is 1. The Morgan fingerprint density at radius 1 is 1.25 bits per heavy atom. The highest BCUT2D eigenvalue weighted by Crippen LogP contribution is 2.20. The summed E-state index contributed by atoms with van der Waals surface area (Å²) in [5.41, 5.74) is 7.34. The highest BCUT2D eigenvalue weighted by molar-refractivity contribution is 6.30. The number of hydrogen-bond acceptors (Lipinski definition) is 6. The van der Waals surface area contributed by atoms with E-state index in [1.165, 1.54) is 4.80 Å². The van der Waals surface area contributed by atoms with Gasteiger partial charge in [-0.25, -0.2) is 5.43 Å². The number of likely N-dealkylation sites (tertiary alicyclic amines) is 1. The maximum atomic E-state index is 12.7. The fourth-order valence-corrected chi connectivity index (χ4v) is 3.59. The van der Waals surface area contributed by atoms with Crippen LogP contribution in [0, 0.1) is 12.8 Å². The lowest BCUT2D eigenvalue weighted by molar-refractivity contribution is -0.132. The van der Waals surface area contributed by atoms with Crippen LogP contribution in [0.3, 0.4) is 0 Å². The predicted molar refractivity (Wildman–Crippen MR) is 122 cm³/mol. The Morgan fingerprint density at radius 2 is 1.97 bits per heavy atom. The first kappa shape index (κ1) is 23.9. The Morgan fingerprint density at radius 3 is 2.59 bits per heavy atom. The normalized spacial score (nSPS) is 15.3. The maximum absolute atomic E-state index is 12.7. The molecule has 1 aliphatic heterocycles. The van der Waals surface area contributed by atoms with E-state index in [0.29, 0.717) is 43.3 Å². The second-order valence-corrected chi connectivity index (χ2v) is 9.44. The Kier molecular flexibility index (Phi) is 7.63. The summed E-state index contributed by atoms with van der Waals surface area (Å²) in [6.07, 6.45) is 4.62. The molecule has 2 N–H and O–H groups in total. The van der Waals surface area contributed by atoms with Crippen molar-refractivity contribution in [2.24, 2.45) is 5.92 Å². The summed E-state index contributed by atoms with van der Waals surface area (Å²) < 4.78 is 0. The zero-order valence-corrected chi connectivity index (χ0v) is 19.7. The largest absolute Gasteiger partial charge is 0.339 e. The molecule has 10 heteroatoms. The molecule has 3 rings (SSSR count). The molecule has 172 valence electrons. The van der Waals surface area contributed by atoms with Crippen molar-refractivity contribution in [3.8, 4) is 0 Å². The number of nitrogens with zero attached hydrogens (tertiary/aromatic N) is 5. The van der Waals surface area contributed by atoms with Gasteiger partial charge in [0.05, 0.1) is 6.54 Å². The van der Waals surface area contributed by atoms with E-state index >= 15 is 0 Å². The molecule has 1 aromatic heterocycles. The van der Waals surface area contributed by atoms with E-state index in [1.54, 1.807) is 30.0 Å². The van der Waals surface area contributed by atoms with Crippen LogP contribution in [0.5, 0.6) is 0 Å². The fraction of sp³-hybridized carbons (Fsp3) is 0.500. The van der Waals surface area contributed by atoms with Gasteiger partial charge in [0.2, 0.25) is 11.8 Å². The Hall–Kier alpha value is -2.78. The van der Waals surface area contributed by atoms with Crippen molar-refractivity contribution in [2.45, 2.75) is 52.6 Å². The highest BCUT2D eigenvalue weighted by Gasteiger charge is 2.27. The predicted octanol–water partition coefficient (Wildman–Crippen LogP) is 2.35. The molecule has 1 aliphatic rings. The molecule has 0 aliphatic carbocycles.